The molecule has 3 heterocycles. The minimum Gasteiger partial charge on any atom is -0.329 e. The van der Waals surface area contributed by atoms with Crippen molar-refractivity contribution >= 4 is 17.2 Å². The lowest BCUT2D eigenvalue weighted by Gasteiger charge is -2.27. The molecule has 0 atom stereocenters. The Hall–Kier alpha value is -2.54. The number of fused-ring (bicyclic) bond motifs is 1. The van der Waals surface area contributed by atoms with Gasteiger partial charge in [-0.3, -0.25) is 4.79 Å². The highest BCUT2D eigenvalue weighted by Crippen LogP contribution is 2.19. The summed E-state index contributed by atoms with van der Waals surface area (Å²) in [4.78, 5) is 15.0. The molecule has 0 spiro atoms. The van der Waals surface area contributed by atoms with Gasteiger partial charge in [-0.1, -0.05) is 24.3 Å². The molecule has 1 amide bonds. The van der Waals surface area contributed by atoms with Crippen molar-refractivity contribution in [3.05, 3.63) is 69.7 Å². The molecule has 5 nitrogen and oxygen atoms in total. The molecule has 0 saturated heterocycles. The van der Waals surface area contributed by atoms with Crippen LogP contribution in [0.1, 0.15) is 26.9 Å². The van der Waals surface area contributed by atoms with Crippen LogP contribution in [0.25, 0.3) is 0 Å². The zero-order valence-corrected chi connectivity index (χ0v) is 13.7. The standard InChI is InChI=1S/C17H15FN4OS/c18-13-5-2-1-4-12(13)10-15-19-20-16-11-21(7-8-22(15)16)17(23)14-6-3-9-24-14/h1-6,9H,7-8,10-11H2. The number of carbonyl (C=O) groups is 1. The van der Waals surface area contributed by atoms with Crippen molar-refractivity contribution in [2.75, 3.05) is 6.54 Å². The summed E-state index contributed by atoms with van der Waals surface area (Å²) >= 11 is 1.44. The highest BCUT2D eigenvalue weighted by atomic mass is 32.1. The van der Waals surface area contributed by atoms with Gasteiger partial charge in [-0.2, -0.15) is 0 Å². The molecule has 4 rings (SSSR count). The number of rotatable bonds is 3. The monoisotopic (exact) mass is 342 g/mol. The van der Waals surface area contributed by atoms with Crippen molar-refractivity contribution < 1.29 is 9.18 Å². The van der Waals surface area contributed by atoms with Crippen LogP contribution >= 0.6 is 11.3 Å². The van der Waals surface area contributed by atoms with E-state index in [1.54, 1.807) is 17.0 Å². The van der Waals surface area contributed by atoms with E-state index in [0.717, 1.165) is 16.5 Å². The van der Waals surface area contributed by atoms with Gasteiger partial charge in [-0.15, -0.1) is 21.5 Å². The number of nitrogens with zero attached hydrogens (tertiary/aromatic N) is 4. The molecule has 7 heteroatoms. The van der Waals surface area contributed by atoms with Crippen molar-refractivity contribution in [1.29, 1.82) is 0 Å². The summed E-state index contributed by atoms with van der Waals surface area (Å²) in [6.45, 7) is 1.66. The first-order valence-corrected chi connectivity index (χ1v) is 8.57. The molecule has 0 fully saturated rings. The molecular weight excluding hydrogens is 327 g/mol. The van der Waals surface area contributed by atoms with E-state index in [1.165, 1.54) is 17.4 Å². The lowest BCUT2D eigenvalue weighted by molar-refractivity contribution is 0.0711. The Bertz CT molecular complexity index is 875. The molecule has 0 N–H and O–H groups in total. The first kappa shape index (κ1) is 15.0. The molecule has 0 radical (unpaired) electrons. The highest BCUT2D eigenvalue weighted by molar-refractivity contribution is 7.12. The van der Waals surface area contributed by atoms with Crippen LogP contribution in [-0.4, -0.2) is 32.1 Å². The van der Waals surface area contributed by atoms with E-state index >= 15 is 0 Å². The summed E-state index contributed by atoms with van der Waals surface area (Å²) in [6, 6.07) is 10.4. The Balaban J connectivity index is 1.54. The fourth-order valence-corrected chi connectivity index (χ4v) is 3.58. The number of thiophene rings is 1. The van der Waals surface area contributed by atoms with E-state index in [-0.39, 0.29) is 11.7 Å². The zero-order valence-electron chi connectivity index (χ0n) is 12.9. The van der Waals surface area contributed by atoms with Gasteiger partial charge in [0.25, 0.3) is 5.91 Å². The molecule has 0 aliphatic carbocycles. The minimum absolute atomic E-state index is 0.0231. The number of halogens is 1. The molecule has 3 aromatic rings. The Morgan fingerprint density at radius 1 is 1.17 bits per heavy atom. The molecule has 2 aromatic heterocycles. The number of amides is 1. The van der Waals surface area contributed by atoms with Crippen LogP contribution in [0.15, 0.2) is 41.8 Å². The van der Waals surface area contributed by atoms with E-state index in [0.29, 0.717) is 31.6 Å². The number of hydrogen-bond donors (Lipinski definition) is 0. The van der Waals surface area contributed by atoms with Crippen molar-refractivity contribution in [2.45, 2.75) is 19.5 Å². The van der Waals surface area contributed by atoms with Crippen molar-refractivity contribution in [1.82, 2.24) is 19.7 Å². The topological polar surface area (TPSA) is 51.0 Å². The summed E-state index contributed by atoms with van der Waals surface area (Å²) in [6.07, 6.45) is 0.401. The fourth-order valence-electron chi connectivity index (χ4n) is 2.89. The molecule has 1 aliphatic rings. The summed E-state index contributed by atoms with van der Waals surface area (Å²) in [5, 5.41) is 10.3. The van der Waals surface area contributed by atoms with Gasteiger partial charge >= 0.3 is 0 Å². The first-order chi connectivity index (χ1) is 11.7. The van der Waals surface area contributed by atoms with Crippen LogP contribution in [0, 0.1) is 5.82 Å². The smallest absolute Gasteiger partial charge is 0.264 e. The van der Waals surface area contributed by atoms with E-state index in [1.807, 2.05) is 28.1 Å². The molecule has 1 aliphatic heterocycles. The third-order valence-electron chi connectivity index (χ3n) is 4.16. The Morgan fingerprint density at radius 2 is 2.04 bits per heavy atom. The second-order valence-electron chi connectivity index (χ2n) is 5.66. The summed E-state index contributed by atoms with van der Waals surface area (Å²) in [5.74, 6) is 1.27. The fraction of sp³-hybridized carbons (Fsp3) is 0.235. The zero-order chi connectivity index (χ0) is 16.5. The molecule has 24 heavy (non-hydrogen) atoms. The quantitative estimate of drug-likeness (QED) is 0.735. The second-order valence-corrected chi connectivity index (χ2v) is 6.60. The predicted molar refractivity (Wildman–Crippen MR) is 88.3 cm³/mol. The Labute approximate surface area is 142 Å². The van der Waals surface area contributed by atoms with Gasteiger partial charge in [0.15, 0.2) is 5.82 Å². The van der Waals surface area contributed by atoms with Gasteiger partial charge in [0.1, 0.15) is 11.6 Å². The highest BCUT2D eigenvalue weighted by Gasteiger charge is 2.25. The van der Waals surface area contributed by atoms with Gasteiger partial charge in [0, 0.05) is 19.5 Å². The largest absolute Gasteiger partial charge is 0.329 e. The second kappa shape index (κ2) is 6.16. The maximum absolute atomic E-state index is 13.8. The van der Waals surface area contributed by atoms with Crippen molar-refractivity contribution in [3.63, 3.8) is 0 Å². The van der Waals surface area contributed by atoms with Gasteiger partial charge in [-0.05, 0) is 23.1 Å². The van der Waals surface area contributed by atoms with E-state index in [4.69, 9.17) is 0 Å². The van der Waals surface area contributed by atoms with Crippen LogP contribution in [0.2, 0.25) is 0 Å². The van der Waals surface area contributed by atoms with Crippen LogP contribution < -0.4 is 0 Å². The van der Waals surface area contributed by atoms with Gasteiger partial charge in [0.2, 0.25) is 0 Å². The van der Waals surface area contributed by atoms with Crippen LogP contribution in [0.5, 0.6) is 0 Å². The van der Waals surface area contributed by atoms with Gasteiger partial charge in [0.05, 0.1) is 11.4 Å². The molecule has 0 saturated carbocycles. The number of carbonyl (C=O) groups excluding carboxylic acids is 1. The van der Waals surface area contributed by atoms with Gasteiger partial charge in [-0.25, -0.2) is 4.39 Å². The third-order valence-corrected chi connectivity index (χ3v) is 5.01. The van der Waals surface area contributed by atoms with Crippen molar-refractivity contribution in [2.24, 2.45) is 0 Å². The maximum atomic E-state index is 13.8. The molecular formula is C17H15FN4OS. The predicted octanol–water partition coefficient (Wildman–Crippen LogP) is 2.73. The van der Waals surface area contributed by atoms with Gasteiger partial charge < -0.3 is 9.47 Å². The number of aromatic nitrogens is 3. The average molecular weight is 342 g/mol. The maximum Gasteiger partial charge on any atom is 0.264 e. The van der Waals surface area contributed by atoms with Crippen LogP contribution in [0.4, 0.5) is 4.39 Å². The summed E-state index contributed by atoms with van der Waals surface area (Å²) in [5.41, 5.74) is 0.602. The molecule has 122 valence electrons. The lowest BCUT2D eigenvalue weighted by atomic mass is 10.1. The molecule has 1 aromatic carbocycles. The summed E-state index contributed by atoms with van der Waals surface area (Å²) < 4.78 is 15.8. The minimum atomic E-state index is -0.236. The lowest BCUT2D eigenvalue weighted by Crippen LogP contribution is -2.38. The average Bonchev–Trinajstić information content (AvgIpc) is 3.26. The van der Waals surface area contributed by atoms with Crippen LogP contribution in [0.3, 0.4) is 0 Å². The van der Waals surface area contributed by atoms with E-state index in [2.05, 4.69) is 10.2 Å². The number of benzene rings is 1. The first-order valence-electron chi connectivity index (χ1n) is 7.69. The SMILES string of the molecule is O=C(c1cccs1)N1CCn2c(Cc3ccccc3F)nnc2C1. The van der Waals surface area contributed by atoms with E-state index in [9.17, 15) is 9.18 Å². The summed E-state index contributed by atoms with van der Waals surface area (Å²) in [7, 11) is 0. The van der Waals surface area contributed by atoms with Crippen molar-refractivity contribution in [3.8, 4) is 0 Å². The number of hydrogen-bond acceptors (Lipinski definition) is 4. The van der Waals surface area contributed by atoms with Crippen LogP contribution in [-0.2, 0) is 19.5 Å². The molecule has 0 unspecified atom stereocenters. The van der Waals surface area contributed by atoms with E-state index < -0.39 is 0 Å². The molecule has 0 bridgehead atoms. The Kier molecular flexibility index (Phi) is 3.86. The normalized spacial score (nSPS) is 13.8. The third kappa shape index (κ3) is 2.71. The Morgan fingerprint density at radius 3 is 2.83 bits per heavy atom.